The molecule has 2 aromatic heterocycles. The third-order valence-electron chi connectivity index (χ3n) is 4.12. The normalized spacial score (nSPS) is 11.6. The summed E-state index contributed by atoms with van der Waals surface area (Å²) < 4.78 is 47.5. The van der Waals surface area contributed by atoms with Gasteiger partial charge >= 0.3 is 23.3 Å². The Bertz CT molecular complexity index is 1220. The van der Waals surface area contributed by atoms with E-state index in [1.807, 2.05) is 0 Å². The average Bonchev–Trinajstić information content (AvgIpc) is 3.13. The number of hydrogen-bond donors (Lipinski definition) is 1. The first-order chi connectivity index (χ1) is 13.7. The number of alkyl halides is 3. The highest BCUT2D eigenvalue weighted by molar-refractivity contribution is 5.81. The van der Waals surface area contributed by atoms with Crippen LogP contribution >= 0.6 is 0 Å². The number of aromatic nitrogens is 3. The molecule has 0 bridgehead atoms. The predicted molar refractivity (Wildman–Crippen MR) is 95.2 cm³/mol. The molecule has 2 heterocycles. The van der Waals surface area contributed by atoms with Gasteiger partial charge in [0.25, 0.3) is 0 Å². The van der Waals surface area contributed by atoms with E-state index in [1.54, 1.807) is 6.92 Å². The number of H-pyrrole nitrogens is 1. The van der Waals surface area contributed by atoms with Gasteiger partial charge in [0.2, 0.25) is 0 Å². The Kier molecular flexibility index (Phi) is 5.14. The molecule has 0 aliphatic carbocycles. The summed E-state index contributed by atoms with van der Waals surface area (Å²) in [4.78, 5) is 48.9. The molecule has 0 aliphatic rings. The molecule has 0 unspecified atom stereocenters. The molecule has 0 radical (unpaired) electrons. The van der Waals surface area contributed by atoms with Crippen LogP contribution in [0.2, 0.25) is 0 Å². The molecule has 0 saturated carbocycles. The van der Waals surface area contributed by atoms with E-state index in [0.717, 1.165) is 15.2 Å². The predicted octanol–water partition coefficient (Wildman–Crippen LogP) is 1.87. The molecule has 0 fully saturated rings. The Hall–Kier alpha value is -3.63. The Labute approximate surface area is 160 Å². The van der Waals surface area contributed by atoms with Crippen molar-refractivity contribution < 1.29 is 27.5 Å². The second kappa shape index (κ2) is 7.41. The third kappa shape index (κ3) is 3.84. The van der Waals surface area contributed by atoms with Gasteiger partial charge in [0.05, 0.1) is 28.9 Å². The van der Waals surface area contributed by atoms with Gasteiger partial charge < -0.3 is 14.3 Å². The zero-order valence-electron chi connectivity index (χ0n) is 14.9. The lowest BCUT2D eigenvalue weighted by atomic mass is 10.1. The number of aromatic amines is 1. The first-order valence-electron chi connectivity index (χ1n) is 8.33. The summed E-state index contributed by atoms with van der Waals surface area (Å²) in [6, 6.07) is 3.01. The first-order valence-corrected chi connectivity index (χ1v) is 8.33. The van der Waals surface area contributed by atoms with Crippen molar-refractivity contribution in [3.63, 3.8) is 0 Å². The number of benzene rings is 1. The molecule has 152 valence electrons. The Morgan fingerprint density at radius 3 is 2.59 bits per heavy atom. The number of ether oxygens (including phenoxy) is 1. The van der Waals surface area contributed by atoms with E-state index in [0.29, 0.717) is 12.4 Å². The molecular formula is C18H14F3N3O5. The summed E-state index contributed by atoms with van der Waals surface area (Å²) in [6.07, 6.45) is -1.89. The van der Waals surface area contributed by atoms with Crippen LogP contribution in [-0.4, -0.2) is 33.0 Å². The number of carbonyl (C=O) groups is 2. The number of nitrogens with one attached hydrogen (secondary N) is 1. The molecule has 11 heteroatoms. The number of halogens is 3. The fourth-order valence-electron chi connectivity index (χ4n) is 2.87. The molecule has 8 nitrogen and oxygen atoms in total. The number of fused-ring (bicyclic) bond motifs is 1. The van der Waals surface area contributed by atoms with E-state index in [-0.39, 0.29) is 28.9 Å². The van der Waals surface area contributed by atoms with Crippen LogP contribution in [0.1, 0.15) is 22.8 Å². The third-order valence-corrected chi connectivity index (χ3v) is 4.12. The highest BCUT2D eigenvalue weighted by atomic mass is 19.4. The molecule has 3 rings (SSSR count). The second-order valence-corrected chi connectivity index (χ2v) is 6.00. The van der Waals surface area contributed by atoms with Crippen molar-refractivity contribution in [2.75, 3.05) is 6.61 Å². The molecular weight excluding hydrogens is 395 g/mol. The van der Waals surface area contributed by atoms with E-state index in [9.17, 15) is 32.3 Å². The van der Waals surface area contributed by atoms with Crippen molar-refractivity contribution in [1.29, 1.82) is 0 Å². The zero-order valence-corrected chi connectivity index (χ0v) is 14.9. The van der Waals surface area contributed by atoms with Crippen molar-refractivity contribution in [3.05, 3.63) is 62.4 Å². The topological polar surface area (TPSA) is 103 Å². The summed E-state index contributed by atoms with van der Waals surface area (Å²) >= 11 is 0. The van der Waals surface area contributed by atoms with E-state index in [4.69, 9.17) is 4.74 Å². The van der Waals surface area contributed by atoms with E-state index in [1.165, 1.54) is 18.5 Å². The van der Waals surface area contributed by atoms with Crippen LogP contribution in [0.25, 0.3) is 16.7 Å². The van der Waals surface area contributed by atoms with Crippen LogP contribution < -0.4 is 11.1 Å². The molecule has 1 N–H and O–H groups in total. The maximum atomic E-state index is 13.6. The number of esters is 1. The number of hydrogen-bond acceptors (Lipinski definition) is 5. The molecule has 0 atom stereocenters. The number of carbonyl (C=O) groups excluding carboxylic acids is 2. The largest absolute Gasteiger partial charge is 0.465 e. The molecule has 0 spiro atoms. The van der Waals surface area contributed by atoms with Crippen molar-refractivity contribution in [1.82, 2.24) is 14.1 Å². The summed E-state index contributed by atoms with van der Waals surface area (Å²) in [5.41, 5.74) is -4.02. The first kappa shape index (κ1) is 20.1. The van der Waals surface area contributed by atoms with Crippen LogP contribution in [0, 0.1) is 0 Å². The zero-order chi connectivity index (χ0) is 21.3. The molecule has 29 heavy (non-hydrogen) atoms. The summed E-state index contributed by atoms with van der Waals surface area (Å²) in [5.74, 6) is -0.827. The summed E-state index contributed by atoms with van der Waals surface area (Å²) in [6.45, 7) is 0.917. The van der Waals surface area contributed by atoms with Crippen LogP contribution in [0.15, 0.2) is 40.2 Å². The minimum atomic E-state index is -4.80. The Morgan fingerprint density at radius 1 is 1.28 bits per heavy atom. The molecule has 0 saturated heterocycles. The van der Waals surface area contributed by atoms with Gasteiger partial charge in [0.1, 0.15) is 6.54 Å². The number of nitrogens with zero attached hydrogens (tertiary/aromatic N) is 2. The molecule has 0 aliphatic heterocycles. The minimum Gasteiger partial charge on any atom is -0.465 e. The highest BCUT2D eigenvalue weighted by Crippen LogP contribution is 2.36. The monoisotopic (exact) mass is 409 g/mol. The van der Waals surface area contributed by atoms with E-state index in [2.05, 4.69) is 4.98 Å². The Morgan fingerprint density at radius 2 is 2.00 bits per heavy atom. The fraction of sp³-hybridized carbons (Fsp3) is 0.222. The van der Waals surface area contributed by atoms with Crippen LogP contribution in [0.4, 0.5) is 13.2 Å². The van der Waals surface area contributed by atoms with Gasteiger partial charge in [-0.25, -0.2) is 0 Å². The smallest absolute Gasteiger partial charge is 0.418 e. The van der Waals surface area contributed by atoms with E-state index >= 15 is 0 Å². The lowest BCUT2D eigenvalue weighted by Gasteiger charge is -2.17. The maximum Gasteiger partial charge on any atom is 0.418 e. The van der Waals surface area contributed by atoms with Crippen molar-refractivity contribution in [2.24, 2.45) is 0 Å². The average molecular weight is 409 g/mol. The second-order valence-electron chi connectivity index (χ2n) is 6.00. The SMILES string of the molecule is CCOC(=O)Cn1c(=O)c(=O)[nH]c2cc(C(F)(F)F)c(-n3ccc(C=O)c3)cc21. The van der Waals surface area contributed by atoms with Gasteiger partial charge in [0.15, 0.2) is 6.29 Å². The summed E-state index contributed by atoms with van der Waals surface area (Å²) in [5, 5.41) is 0. The highest BCUT2D eigenvalue weighted by Gasteiger charge is 2.35. The van der Waals surface area contributed by atoms with Gasteiger partial charge in [-0.2, -0.15) is 13.2 Å². The number of rotatable bonds is 5. The van der Waals surface area contributed by atoms with Crippen LogP contribution in [0.5, 0.6) is 0 Å². The van der Waals surface area contributed by atoms with Crippen LogP contribution in [0.3, 0.4) is 0 Å². The number of aldehydes is 1. The lowest BCUT2D eigenvalue weighted by molar-refractivity contribution is -0.143. The standard InChI is InChI=1S/C18H14F3N3O5/c1-2-29-15(26)8-24-14-6-13(23-4-3-10(7-23)9-25)11(18(19,20)21)5-12(14)22-16(27)17(24)28/h3-7,9H,2,8H2,1H3,(H,22,27). The van der Waals surface area contributed by atoms with Crippen molar-refractivity contribution >= 4 is 23.3 Å². The van der Waals surface area contributed by atoms with Gasteiger partial charge in [-0.1, -0.05) is 0 Å². The minimum absolute atomic E-state index is 0.0238. The van der Waals surface area contributed by atoms with Gasteiger partial charge in [0, 0.05) is 18.0 Å². The quantitative estimate of drug-likeness (QED) is 0.394. The van der Waals surface area contributed by atoms with Gasteiger partial charge in [-0.05, 0) is 25.1 Å². The lowest BCUT2D eigenvalue weighted by Crippen LogP contribution is -2.38. The van der Waals surface area contributed by atoms with Gasteiger partial charge in [-0.15, -0.1) is 0 Å². The van der Waals surface area contributed by atoms with Gasteiger partial charge in [-0.3, -0.25) is 23.7 Å². The molecule has 0 amide bonds. The van der Waals surface area contributed by atoms with Crippen LogP contribution in [-0.2, 0) is 22.3 Å². The molecule has 1 aromatic carbocycles. The Balaban J connectivity index is 2.35. The van der Waals surface area contributed by atoms with Crippen molar-refractivity contribution in [2.45, 2.75) is 19.6 Å². The fourth-order valence-corrected chi connectivity index (χ4v) is 2.87. The summed E-state index contributed by atoms with van der Waals surface area (Å²) in [7, 11) is 0. The van der Waals surface area contributed by atoms with E-state index < -0.39 is 35.4 Å². The van der Waals surface area contributed by atoms with Crippen molar-refractivity contribution in [3.8, 4) is 5.69 Å². The maximum absolute atomic E-state index is 13.6. The molecule has 3 aromatic rings.